The molecule has 0 aliphatic heterocycles. The molecule has 4 rings (SSSR count). The summed E-state index contributed by atoms with van der Waals surface area (Å²) < 4.78 is 1.24. The molecule has 0 fully saturated rings. The van der Waals surface area contributed by atoms with Crippen LogP contribution >= 0.6 is 0 Å². The summed E-state index contributed by atoms with van der Waals surface area (Å²) in [6.07, 6.45) is 2.92. The molecule has 3 N–H and O–H groups in total. The number of nitrogen functional groups attached to an aromatic ring is 1. The van der Waals surface area contributed by atoms with Crippen molar-refractivity contribution in [1.29, 1.82) is 5.26 Å². The standard InChI is InChI=1S/C28H23N5O3/c29-17-21-13-11-20(12-14-21)15-16-24(34)32(18-22-7-3-1-4-8-22)25-26(30)33(28(36)31-27(25)35)19-23-9-5-2-6-10-23/h1-16H,18-19,30H2,(H,31,35,36). The van der Waals surface area contributed by atoms with E-state index < -0.39 is 17.2 Å². The summed E-state index contributed by atoms with van der Waals surface area (Å²) in [5.41, 5.74) is 7.63. The molecule has 3 aromatic carbocycles. The van der Waals surface area contributed by atoms with Crippen LogP contribution in [0.25, 0.3) is 6.08 Å². The molecular weight excluding hydrogens is 454 g/mol. The van der Waals surface area contributed by atoms with E-state index in [-0.39, 0.29) is 24.6 Å². The highest BCUT2D eigenvalue weighted by Gasteiger charge is 2.23. The van der Waals surface area contributed by atoms with E-state index in [1.807, 2.05) is 66.7 Å². The first kappa shape index (κ1) is 24.0. The molecule has 0 aliphatic carbocycles. The fraction of sp³-hybridized carbons (Fsp3) is 0.0714. The van der Waals surface area contributed by atoms with Gasteiger partial charge in [-0.25, -0.2) is 4.79 Å². The second-order valence-corrected chi connectivity index (χ2v) is 8.04. The minimum Gasteiger partial charge on any atom is -0.383 e. The Balaban J connectivity index is 1.76. The molecule has 1 amide bonds. The number of nitrogens with two attached hydrogens (primary N) is 1. The quantitative estimate of drug-likeness (QED) is 0.395. The monoisotopic (exact) mass is 477 g/mol. The largest absolute Gasteiger partial charge is 0.383 e. The summed E-state index contributed by atoms with van der Waals surface area (Å²) in [4.78, 5) is 42.5. The number of nitrogens with one attached hydrogen (secondary N) is 1. The van der Waals surface area contributed by atoms with E-state index in [4.69, 9.17) is 11.0 Å². The van der Waals surface area contributed by atoms with Crippen LogP contribution in [-0.4, -0.2) is 15.5 Å². The van der Waals surface area contributed by atoms with Crippen LogP contribution < -0.4 is 21.9 Å². The second-order valence-electron chi connectivity index (χ2n) is 8.04. The van der Waals surface area contributed by atoms with Gasteiger partial charge in [0.25, 0.3) is 11.5 Å². The summed E-state index contributed by atoms with van der Waals surface area (Å²) in [6, 6.07) is 27.1. The van der Waals surface area contributed by atoms with Crippen LogP contribution in [0.3, 0.4) is 0 Å². The third kappa shape index (κ3) is 5.48. The van der Waals surface area contributed by atoms with Gasteiger partial charge < -0.3 is 5.73 Å². The average molecular weight is 478 g/mol. The molecule has 1 aromatic heterocycles. The van der Waals surface area contributed by atoms with Gasteiger partial charge in [0.2, 0.25) is 0 Å². The van der Waals surface area contributed by atoms with Crippen LogP contribution in [0.1, 0.15) is 22.3 Å². The highest BCUT2D eigenvalue weighted by Crippen LogP contribution is 2.21. The number of nitriles is 1. The van der Waals surface area contributed by atoms with E-state index in [0.717, 1.165) is 11.1 Å². The molecule has 4 aromatic rings. The van der Waals surface area contributed by atoms with Crippen molar-refractivity contribution >= 4 is 23.5 Å². The summed E-state index contributed by atoms with van der Waals surface area (Å²) >= 11 is 0. The Kier molecular flexibility index (Phi) is 7.22. The highest BCUT2D eigenvalue weighted by molar-refractivity contribution is 6.05. The van der Waals surface area contributed by atoms with Crippen LogP contribution in [0.5, 0.6) is 0 Å². The van der Waals surface area contributed by atoms with E-state index in [2.05, 4.69) is 4.98 Å². The lowest BCUT2D eigenvalue weighted by Crippen LogP contribution is -2.40. The molecule has 8 heteroatoms. The molecule has 8 nitrogen and oxygen atoms in total. The number of nitrogens with zero attached hydrogens (tertiary/aromatic N) is 3. The smallest absolute Gasteiger partial charge is 0.330 e. The molecule has 0 bridgehead atoms. The van der Waals surface area contributed by atoms with Crippen molar-refractivity contribution in [3.8, 4) is 6.07 Å². The number of hydrogen-bond acceptors (Lipinski definition) is 5. The summed E-state index contributed by atoms with van der Waals surface area (Å²) in [7, 11) is 0. The third-order valence-electron chi connectivity index (χ3n) is 5.58. The maximum Gasteiger partial charge on any atom is 0.330 e. The Morgan fingerprint density at radius 1 is 0.944 bits per heavy atom. The number of benzene rings is 3. The maximum atomic E-state index is 13.4. The van der Waals surface area contributed by atoms with Gasteiger partial charge in [0.1, 0.15) is 5.82 Å². The number of hydrogen-bond donors (Lipinski definition) is 2. The van der Waals surface area contributed by atoms with Crippen molar-refractivity contribution in [2.24, 2.45) is 0 Å². The van der Waals surface area contributed by atoms with Gasteiger partial charge in [0.05, 0.1) is 24.7 Å². The van der Waals surface area contributed by atoms with E-state index >= 15 is 0 Å². The van der Waals surface area contributed by atoms with Crippen molar-refractivity contribution in [3.05, 3.63) is 134 Å². The zero-order valence-corrected chi connectivity index (χ0v) is 19.3. The van der Waals surface area contributed by atoms with E-state index in [1.54, 1.807) is 30.3 Å². The normalized spacial score (nSPS) is 10.8. The maximum absolute atomic E-state index is 13.4. The van der Waals surface area contributed by atoms with Crippen molar-refractivity contribution in [3.63, 3.8) is 0 Å². The van der Waals surface area contributed by atoms with Gasteiger partial charge in [0, 0.05) is 6.08 Å². The fourth-order valence-corrected chi connectivity index (χ4v) is 3.72. The lowest BCUT2D eigenvalue weighted by molar-refractivity contribution is -0.114. The topological polar surface area (TPSA) is 125 Å². The summed E-state index contributed by atoms with van der Waals surface area (Å²) in [6.45, 7) is 0.192. The molecule has 0 saturated carbocycles. The lowest BCUT2D eigenvalue weighted by atomic mass is 10.1. The van der Waals surface area contributed by atoms with Crippen molar-refractivity contribution in [2.45, 2.75) is 13.1 Å². The Morgan fingerprint density at radius 3 is 2.17 bits per heavy atom. The SMILES string of the molecule is N#Cc1ccc(C=CC(=O)N(Cc2ccccc2)c2c(N)n(Cc3ccccc3)c(=O)[nH]c2=O)cc1. The van der Waals surface area contributed by atoms with Gasteiger partial charge in [-0.05, 0) is 34.9 Å². The Labute approximate surface area is 207 Å². The number of aromatic amines is 1. The predicted molar refractivity (Wildman–Crippen MR) is 139 cm³/mol. The number of amides is 1. The number of aromatic nitrogens is 2. The molecule has 0 unspecified atom stereocenters. The average Bonchev–Trinajstić information content (AvgIpc) is 2.90. The molecule has 178 valence electrons. The number of H-pyrrole nitrogens is 1. The first-order valence-corrected chi connectivity index (χ1v) is 11.2. The first-order valence-electron chi connectivity index (χ1n) is 11.2. The van der Waals surface area contributed by atoms with Gasteiger partial charge >= 0.3 is 5.69 Å². The fourth-order valence-electron chi connectivity index (χ4n) is 3.72. The van der Waals surface area contributed by atoms with Crippen LogP contribution in [0.2, 0.25) is 0 Å². The lowest BCUT2D eigenvalue weighted by Gasteiger charge is -2.23. The number of carbonyl (C=O) groups excluding carboxylic acids is 1. The zero-order chi connectivity index (χ0) is 25.5. The zero-order valence-electron chi connectivity index (χ0n) is 19.3. The molecule has 0 aliphatic rings. The Hall–Kier alpha value is -5.16. The van der Waals surface area contributed by atoms with Crippen LogP contribution in [0.15, 0.2) is 101 Å². The molecular formula is C28H23N5O3. The van der Waals surface area contributed by atoms with Crippen molar-refractivity contribution in [2.75, 3.05) is 10.6 Å². The minimum atomic E-state index is -0.752. The van der Waals surface area contributed by atoms with Crippen molar-refractivity contribution < 1.29 is 4.79 Å². The van der Waals surface area contributed by atoms with Crippen LogP contribution in [0.4, 0.5) is 11.5 Å². The number of rotatable bonds is 7. The van der Waals surface area contributed by atoms with Crippen LogP contribution in [0, 0.1) is 11.3 Å². The van der Waals surface area contributed by atoms with Gasteiger partial charge in [-0.1, -0.05) is 72.8 Å². The van der Waals surface area contributed by atoms with Crippen LogP contribution in [-0.2, 0) is 17.9 Å². The highest BCUT2D eigenvalue weighted by atomic mass is 16.2. The van der Waals surface area contributed by atoms with Crippen molar-refractivity contribution in [1.82, 2.24) is 9.55 Å². The van der Waals surface area contributed by atoms with Gasteiger partial charge in [-0.2, -0.15) is 5.26 Å². The first-order chi connectivity index (χ1) is 17.5. The van der Waals surface area contributed by atoms with E-state index in [0.29, 0.717) is 11.1 Å². The molecule has 0 spiro atoms. The molecule has 0 saturated heterocycles. The van der Waals surface area contributed by atoms with Gasteiger partial charge in [0.15, 0.2) is 5.69 Å². The minimum absolute atomic E-state index is 0.0637. The molecule has 0 radical (unpaired) electrons. The number of carbonyl (C=O) groups is 1. The Morgan fingerprint density at radius 2 is 1.56 bits per heavy atom. The molecule has 1 heterocycles. The summed E-state index contributed by atoms with van der Waals surface area (Å²) in [5.74, 6) is -0.603. The number of anilines is 2. The predicted octanol–water partition coefficient (Wildman–Crippen LogP) is 3.29. The second kappa shape index (κ2) is 10.8. The van der Waals surface area contributed by atoms with E-state index in [9.17, 15) is 14.4 Å². The van der Waals surface area contributed by atoms with Gasteiger partial charge in [-0.3, -0.25) is 24.0 Å². The van der Waals surface area contributed by atoms with E-state index in [1.165, 1.54) is 15.5 Å². The Bertz CT molecular complexity index is 1550. The summed E-state index contributed by atoms with van der Waals surface area (Å²) in [5, 5.41) is 8.98. The molecule has 0 atom stereocenters. The molecule has 36 heavy (non-hydrogen) atoms. The van der Waals surface area contributed by atoms with Gasteiger partial charge in [-0.15, -0.1) is 0 Å². The third-order valence-corrected chi connectivity index (χ3v) is 5.58.